The van der Waals surface area contributed by atoms with Crippen molar-refractivity contribution in [2.24, 2.45) is 5.92 Å². The largest absolute Gasteiger partial charge is 0.493 e. The summed E-state index contributed by atoms with van der Waals surface area (Å²) in [4.78, 5) is 0. The van der Waals surface area contributed by atoms with Gasteiger partial charge in [-0.3, -0.25) is 0 Å². The fourth-order valence-electron chi connectivity index (χ4n) is 4.42. The number of hydrogen-bond acceptors (Lipinski definition) is 5. The molecule has 2 aromatic carbocycles. The van der Waals surface area contributed by atoms with Crippen LogP contribution in [-0.4, -0.2) is 39.8 Å². The van der Waals surface area contributed by atoms with E-state index in [1.165, 1.54) is 6.26 Å². The molecule has 9 heteroatoms. The lowest BCUT2D eigenvalue weighted by Crippen LogP contribution is -2.37. The number of alkyl halides is 1. The SMILES string of the molecule is CC(C)(c1ccc(OCC2CCC(NS(C)(=O)=O)CC2)cc1)c1cc(Cl)c(OCCCl)c(C#N)c1. The summed E-state index contributed by atoms with van der Waals surface area (Å²) in [5.41, 5.74) is 1.95. The van der Waals surface area contributed by atoms with Crippen LogP contribution in [0.4, 0.5) is 0 Å². The Morgan fingerprint density at radius 1 is 1.09 bits per heavy atom. The van der Waals surface area contributed by atoms with Gasteiger partial charge >= 0.3 is 0 Å². The normalized spacial score (nSPS) is 18.6. The van der Waals surface area contributed by atoms with Crippen molar-refractivity contribution in [2.45, 2.75) is 51.0 Å². The van der Waals surface area contributed by atoms with Crippen LogP contribution in [0, 0.1) is 17.2 Å². The third-order valence-electron chi connectivity index (χ3n) is 6.50. The average Bonchev–Trinajstić information content (AvgIpc) is 2.81. The molecule has 0 heterocycles. The van der Waals surface area contributed by atoms with E-state index < -0.39 is 15.4 Å². The zero-order valence-corrected chi connectivity index (χ0v) is 22.6. The van der Waals surface area contributed by atoms with Gasteiger partial charge in [-0.05, 0) is 67.0 Å². The summed E-state index contributed by atoms with van der Waals surface area (Å²) in [6.07, 6.45) is 4.74. The predicted octanol–water partition coefficient (Wildman–Crippen LogP) is 5.64. The van der Waals surface area contributed by atoms with Crippen molar-refractivity contribution in [3.05, 3.63) is 58.1 Å². The van der Waals surface area contributed by atoms with Crippen LogP contribution in [0.2, 0.25) is 5.02 Å². The van der Waals surface area contributed by atoms with Gasteiger partial charge in [0.2, 0.25) is 10.0 Å². The molecule has 0 bridgehead atoms. The van der Waals surface area contributed by atoms with Gasteiger partial charge in [0.15, 0.2) is 5.75 Å². The molecule has 190 valence electrons. The molecule has 2 aromatic rings. The highest BCUT2D eigenvalue weighted by Crippen LogP contribution is 2.38. The Bertz CT molecular complexity index is 1150. The number of sulfonamides is 1. The Kier molecular flexibility index (Phi) is 9.34. The van der Waals surface area contributed by atoms with Gasteiger partial charge in [-0.15, -0.1) is 11.6 Å². The summed E-state index contributed by atoms with van der Waals surface area (Å²) in [7, 11) is -3.16. The molecule has 3 rings (SSSR count). The van der Waals surface area contributed by atoms with Gasteiger partial charge in [0, 0.05) is 11.5 Å². The van der Waals surface area contributed by atoms with Crippen molar-refractivity contribution in [1.29, 1.82) is 5.26 Å². The van der Waals surface area contributed by atoms with Crippen LogP contribution in [0.25, 0.3) is 0 Å². The monoisotopic (exact) mass is 538 g/mol. The fourth-order valence-corrected chi connectivity index (χ4v) is 5.62. The molecular formula is C26H32Cl2N2O4S. The first-order valence-corrected chi connectivity index (χ1v) is 14.5. The van der Waals surface area contributed by atoms with Gasteiger partial charge in [0.05, 0.1) is 29.3 Å². The van der Waals surface area contributed by atoms with E-state index in [1.807, 2.05) is 36.4 Å². The molecule has 0 atom stereocenters. The third-order valence-corrected chi connectivity index (χ3v) is 7.70. The first-order valence-electron chi connectivity index (χ1n) is 11.7. The van der Waals surface area contributed by atoms with Crippen LogP contribution in [0.3, 0.4) is 0 Å². The highest BCUT2D eigenvalue weighted by Gasteiger charge is 2.27. The Labute approximate surface area is 218 Å². The summed E-state index contributed by atoms with van der Waals surface area (Å²) >= 11 is 12.2. The highest BCUT2D eigenvalue weighted by atomic mass is 35.5. The van der Waals surface area contributed by atoms with Crippen LogP contribution < -0.4 is 14.2 Å². The summed E-state index contributed by atoms with van der Waals surface area (Å²) in [6, 6.07) is 13.8. The lowest BCUT2D eigenvalue weighted by Gasteiger charge is -2.29. The fraction of sp³-hybridized carbons (Fsp3) is 0.500. The molecule has 0 spiro atoms. The maximum absolute atomic E-state index is 11.4. The first kappa shape index (κ1) is 27.6. The molecule has 0 aromatic heterocycles. The molecule has 35 heavy (non-hydrogen) atoms. The second-order valence-corrected chi connectivity index (χ2v) is 12.1. The van der Waals surface area contributed by atoms with Crippen molar-refractivity contribution >= 4 is 33.2 Å². The van der Waals surface area contributed by atoms with E-state index in [1.54, 1.807) is 0 Å². The smallest absolute Gasteiger partial charge is 0.208 e. The van der Waals surface area contributed by atoms with Crippen LogP contribution >= 0.6 is 23.2 Å². The Hall–Kier alpha value is -1.98. The number of nitrogens with one attached hydrogen (secondary N) is 1. The molecule has 1 aliphatic carbocycles. The van der Waals surface area contributed by atoms with E-state index in [-0.39, 0.29) is 12.6 Å². The molecule has 0 saturated heterocycles. The number of nitrogens with zero attached hydrogens (tertiary/aromatic N) is 1. The van der Waals surface area contributed by atoms with Gasteiger partial charge in [0.1, 0.15) is 18.4 Å². The number of hydrogen-bond donors (Lipinski definition) is 1. The highest BCUT2D eigenvalue weighted by molar-refractivity contribution is 7.88. The van der Waals surface area contributed by atoms with Crippen LogP contribution in [0.15, 0.2) is 36.4 Å². The van der Waals surface area contributed by atoms with Crippen molar-refractivity contribution < 1.29 is 17.9 Å². The Morgan fingerprint density at radius 3 is 2.31 bits per heavy atom. The molecule has 1 N–H and O–H groups in total. The maximum Gasteiger partial charge on any atom is 0.208 e. The second kappa shape index (κ2) is 11.8. The third kappa shape index (κ3) is 7.50. The molecule has 0 unspecified atom stereocenters. The second-order valence-electron chi connectivity index (χ2n) is 9.55. The van der Waals surface area contributed by atoms with E-state index in [0.717, 1.165) is 42.6 Å². The molecule has 1 aliphatic rings. The van der Waals surface area contributed by atoms with Gasteiger partial charge < -0.3 is 9.47 Å². The van der Waals surface area contributed by atoms with Crippen LogP contribution in [0.5, 0.6) is 11.5 Å². The van der Waals surface area contributed by atoms with E-state index in [9.17, 15) is 13.7 Å². The minimum Gasteiger partial charge on any atom is -0.493 e. The van der Waals surface area contributed by atoms with Crippen molar-refractivity contribution in [2.75, 3.05) is 25.3 Å². The molecule has 0 aliphatic heterocycles. The number of ether oxygens (including phenoxy) is 2. The van der Waals surface area contributed by atoms with Crippen molar-refractivity contribution in [3.63, 3.8) is 0 Å². The molecule has 0 amide bonds. The number of halogens is 2. The van der Waals surface area contributed by atoms with Crippen molar-refractivity contribution in [1.82, 2.24) is 4.72 Å². The zero-order chi connectivity index (χ0) is 25.6. The minimum absolute atomic E-state index is 0.0266. The summed E-state index contributed by atoms with van der Waals surface area (Å²) in [5, 5.41) is 9.99. The Balaban J connectivity index is 1.63. The van der Waals surface area contributed by atoms with E-state index >= 15 is 0 Å². The van der Waals surface area contributed by atoms with Gasteiger partial charge in [-0.1, -0.05) is 37.6 Å². The van der Waals surface area contributed by atoms with Crippen LogP contribution in [-0.2, 0) is 15.4 Å². The summed E-state index contributed by atoms with van der Waals surface area (Å²) in [5.74, 6) is 1.88. The average molecular weight is 540 g/mol. The zero-order valence-electron chi connectivity index (χ0n) is 20.3. The molecule has 1 saturated carbocycles. The van der Waals surface area contributed by atoms with Crippen molar-refractivity contribution in [3.8, 4) is 17.6 Å². The number of benzene rings is 2. The van der Waals surface area contributed by atoms with Gasteiger partial charge in [-0.25, -0.2) is 13.1 Å². The van der Waals surface area contributed by atoms with E-state index in [0.29, 0.717) is 34.7 Å². The van der Waals surface area contributed by atoms with Gasteiger partial charge in [-0.2, -0.15) is 5.26 Å². The quantitative estimate of drug-likeness (QED) is 0.395. The lowest BCUT2D eigenvalue weighted by atomic mass is 9.77. The topological polar surface area (TPSA) is 88.4 Å². The Morgan fingerprint density at radius 2 is 1.74 bits per heavy atom. The molecule has 6 nitrogen and oxygen atoms in total. The van der Waals surface area contributed by atoms with E-state index in [2.05, 4.69) is 24.6 Å². The molecule has 0 radical (unpaired) electrons. The van der Waals surface area contributed by atoms with Gasteiger partial charge in [0.25, 0.3) is 0 Å². The van der Waals surface area contributed by atoms with Crippen LogP contribution in [0.1, 0.15) is 56.2 Å². The summed E-state index contributed by atoms with van der Waals surface area (Å²) < 4.78 is 37.1. The minimum atomic E-state index is -3.16. The number of nitriles is 1. The standard InChI is InChI=1S/C26H32Cl2N2O4S/c1-26(2,21-14-19(16-29)25(24(28)15-21)33-13-12-27)20-6-10-23(11-7-20)34-17-18-4-8-22(9-5-18)30-35(3,31)32/h6-7,10-11,14-15,18,22,30H,4-5,8-9,12-13,17H2,1-3H3. The lowest BCUT2D eigenvalue weighted by molar-refractivity contribution is 0.197. The first-order chi connectivity index (χ1) is 16.5. The predicted molar refractivity (Wildman–Crippen MR) is 140 cm³/mol. The molecular weight excluding hydrogens is 507 g/mol. The summed E-state index contributed by atoms with van der Waals surface area (Å²) in [6.45, 7) is 5.05. The molecule has 1 fully saturated rings. The number of rotatable bonds is 10. The van der Waals surface area contributed by atoms with E-state index in [4.69, 9.17) is 32.7 Å². The maximum atomic E-state index is 11.4.